The summed E-state index contributed by atoms with van der Waals surface area (Å²) in [4.78, 5) is 8.10. The van der Waals surface area contributed by atoms with E-state index >= 15 is 0 Å². The number of imidazole rings is 1. The van der Waals surface area contributed by atoms with Crippen LogP contribution in [0.4, 0.5) is 0 Å². The lowest BCUT2D eigenvalue weighted by Gasteiger charge is -2.01. The van der Waals surface area contributed by atoms with Crippen molar-refractivity contribution in [3.63, 3.8) is 0 Å². The van der Waals surface area contributed by atoms with Gasteiger partial charge in [-0.1, -0.05) is 15.9 Å². The summed E-state index contributed by atoms with van der Waals surface area (Å²) >= 11 is 5.91. The van der Waals surface area contributed by atoms with Gasteiger partial charge in [0.1, 0.15) is 5.82 Å². The average molecular weight is 427 g/mol. The van der Waals surface area contributed by atoms with E-state index in [-0.39, 0.29) is 0 Å². The molecule has 3 aromatic rings. The molecule has 1 N–H and O–H groups in total. The lowest BCUT2D eigenvalue weighted by atomic mass is 10.1. The molecule has 4 heteroatoms. The van der Waals surface area contributed by atoms with Crippen molar-refractivity contribution in [1.82, 2.24) is 9.97 Å². The number of rotatable bonds is 1. The molecule has 0 saturated heterocycles. The molecule has 0 aliphatic heterocycles. The molecular weight excluding hydrogens is 415 g/mol. The fraction of sp³-hybridized carbons (Fsp3) is 0.133. The maximum Gasteiger partial charge on any atom is 0.139 e. The van der Waals surface area contributed by atoms with E-state index in [1.807, 2.05) is 0 Å². The molecule has 0 atom stereocenters. The highest BCUT2D eigenvalue weighted by molar-refractivity contribution is 14.1. The molecule has 0 aliphatic rings. The van der Waals surface area contributed by atoms with Gasteiger partial charge in [-0.05, 0) is 77.9 Å². The number of nitrogens with zero attached hydrogens (tertiary/aromatic N) is 1. The summed E-state index contributed by atoms with van der Waals surface area (Å²) in [5.74, 6) is 0.908. The number of halogens is 2. The fourth-order valence-electron chi connectivity index (χ4n) is 2.08. The Morgan fingerprint density at radius 3 is 2.63 bits per heavy atom. The van der Waals surface area contributed by atoms with Crippen LogP contribution in [0.5, 0.6) is 0 Å². The van der Waals surface area contributed by atoms with Crippen molar-refractivity contribution in [3.8, 4) is 11.4 Å². The normalized spacial score (nSPS) is 11.2. The van der Waals surface area contributed by atoms with Crippen molar-refractivity contribution < 1.29 is 0 Å². The highest BCUT2D eigenvalue weighted by atomic mass is 127. The molecule has 0 amide bonds. The van der Waals surface area contributed by atoms with E-state index < -0.39 is 0 Å². The SMILES string of the molecule is Cc1cc2nc(-c3cc(I)ccc3Br)[nH]c2cc1C. The molecule has 1 heterocycles. The number of aromatic nitrogens is 2. The highest BCUT2D eigenvalue weighted by Crippen LogP contribution is 2.30. The molecule has 0 radical (unpaired) electrons. The third-order valence-corrected chi connectivity index (χ3v) is 4.64. The van der Waals surface area contributed by atoms with Crippen LogP contribution in [0.15, 0.2) is 34.8 Å². The minimum absolute atomic E-state index is 0.908. The van der Waals surface area contributed by atoms with Crippen molar-refractivity contribution in [2.75, 3.05) is 0 Å². The smallest absolute Gasteiger partial charge is 0.139 e. The molecule has 0 bridgehead atoms. The quantitative estimate of drug-likeness (QED) is 0.531. The number of nitrogens with one attached hydrogen (secondary N) is 1. The Morgan fingerprint density at radius 2 is 1.84 bits per heavy atom. The molecule has 2 nitrogen and oxygen atoms in total. The highest BCUT2D eigenvalue weighted by Gasteiger charge is 2.10. The lowest BCUT2D eigenvalue weighted by Crippen LogP contribution is -1.83. The Balaban J connectivity index is 2.23. The van der Waals surface area contributed by atoms with E-state index in [9.17, 15) is 0 Å². The maximum absolute atomic E-state index is 4.70. The second kappa shape index (κ2) is 4.90. The molecule has 1 aromatic heterocycles. The van der Waals surface area contributed by atoms with E-state index in [1.165, 1.54) is 14.7 Å². The van der Waals surface area contributed by atoms with Gasteiger partial charge in [0.25, 0.3) is 0 Å². The Kier molecular flexibility index (Phi) is 3.39. The maximum atomic E-state index is 4.70. The zero-order chi connectivity index (χ0) is 13.6. The second-order valence-electron chi connectivity index (χ2n) is 4.66. The number of aromatic amines is 1. The average Bonchev–Trinajstić information content (AvgIpc) is 2.75. The van der Waals surface area contributed by atoms with Crippen LogP contribution in [0, 0.1) is 17.4 Å². The summed E-state index contributed by atoms with van der Waals surface area (Å²) in [6.45, 7) is 4.24. The minimum atomic E-state index is 0.908. The molecule has 0 fully saturated rings. The lowest BCUT2D eigenvalue weighted by molar-refractivity contribution is 1.32. The van der Waals surface area contributed by atoms with Gasteiger partial charge in [-0.3, -0.25) is 0 Å². The van der Waals surface area contributed by atoms with Gasteiger partial charge in [0.2, 0.25) is 0 Å². The molecule has 0 spiro atoms. The van der Waals surface area contributed by atoms with Crippen molar-refractivity contribution >= 4 is 49.6 Å². The number of aryl methyl sites for hydroxylation is 2. The van der Waals surface area contributed by atoms with E-state index in [0.29, 0.717) is 0 Å². The van der Waals surface area contributed by atoms with E-state index in [4.69, 9.17) is 4.98 Å². The topological polar surface area (TPSA) is 28.7 Å². The summed E-state index contributed by atoms with van der Waals surface area (Å²) in [7, 11) is 0. The van der Waals surface area contributed by atoms with Crippen LogP contribution in [0.25, 0.3) is 22.4 Å². The standard InChI is InChI=1S/C15H12BrIN2/c1-8-5-13-14(6-9(8)2)19-15(18-13)11-7-10(17)3-4-12(11)16/h3-7H,1-2H3,(H,18,19). The van der Waals surface area contributed by atoms with E-state index in [0.717, 1.165) is 26.9 Å². The number of hydrogen-bond acceptors (Lipinski definition) is 1. The van der Waals surface area contributed by atoms with Gasteiger partial charge >= 0.3 is 0 Å². The van der Waals surface area contributed by atoms with Crippen LogP contribution >= 0.6 is 38.5 Å². The Bertz CT molecular complexity index is 738. The van der Waals surface area contributed by atoms with Gasteiger partial charge in [-0.2, -0.15) is 0 Å². The molecule has 19 heavy (non-hydrogen) atoms. The number of benzene rings is 2. The van der Waals surface area contributed by atoms with Crippen molar-refractivity contribution in [3.05, 3.63) is 49.5 Å². The molecule has 0 unspecified atom stereocenters. The Labute approximate surface area is 133 Å². The predicted molar refractivity (Wildman–Crippen MR) is 91.4 cm³/mol. The van der Waals surface area contributed by atoms with Crippen molar-refractivity contribution in [2.45, 2.75) is 13.8 Å². The first-order valence-electron chi connectivity index (χ1n) is 5.97. The van der Waals surface area contributed by atoms with Crippen LogP contribution in [0.2, 0.25) is 0 Å². The fourth-order valence-corrected chi connectivity index (χ4v) is 3.00. The molecular formula is C15H12BrIN2. The molecule has 2 aromatic carbocycles. The third-order valence-electron chi connectivity index (χ3n) is 3.28. The Morgan fingerprint density at radius 1 is 1.11 bits per heavy atom. The van der Waals surface area contributed by atoms with Gasteiger partial charge in [0, 0.05) is 13.6 Å². The van der Waals surface area contributed by atoms with Crippen molar-refractivity contribution in [2.24, 2.45) is 0 Å². The second-order valence-corrected chi connectivity index (χ2v) is 6.76. The summed E-state index contributed by atoms with van der Waals surface area (Å²) in [6.07, 6.45) is 0. The first-order chi connectivity index (χ1) is 9.04. The van der Waals surface area contributed by atoms with Gasteiger partial charge in [-0.25, -0.2) is 4.98 Å². The summed E-state index contributed by atoms with van der Waals surface area (Å²) in [6, 6.07) is 10.5. The summed E-state index contributed by atoms with van der Waals surface area (Å²) < 4.78 is 2.25. The molecule has 0 saturated carbocycles. The van der Waals surface area contributed by atoms with E-state index in [1.54, 1.807) is 0 Å². The van der Waals surface area contributed by atoms with Gasteiger partial charge in [-0.15, -0.1) is 0 Å². The van der Waals surface area contributed by atoms with Gasteiger partial charge in [0.05, 0.1) is 11.0 Å². The zero-order valence-corrected chi connectivity index (χ0v) is 14.3. The number of hydrogen-bond donors (Lipinski definition) is 1. The largest absolute Gasteiger partial charge is 0.338 e. The molecule has 96 valence electrons. The van der Waals surface area contributed by atoms with Gasteiger partial charge < -0.3 is 4.98 Å². The predicted octanol–water partition coefficient (Wildman–Crippen LogP) is 5.21. The molecule has 0 aliphatic carbocycles. The monoisotopic (exact) mass is 426 g/mol. The van der Waals surface area contributed by atoms with Crippen LogP contribution in [-0.2, 0) is 0 Å². The van der Waals surface area contributed by atoms with Crippen LogP contribution in [-0.4, -0.2) is 9.97 Å². The van der Waals surface area contributed by atoms with Gasteiger partial charge in [0.15, 0.2) is 0 Å². The summed E-state index contributed by atoms with van der Waals surface area (Å²) in [5.41, 5.74) is 5.75. The first kappa shape index (κ1) is 13.1. The van der Waals surface area contributed by atoms with E-state index in [2.05, 4.69) is 87.7 Å². The number of H-pyrrole nitrogens is 1. The Hall–Kier alpha value is -0.880. The van der Waals surface area contributed by atoms with Crippen LogP contribution in [0.3, 0.4) is 0 Å². The minimum Gasteiger partial charge on any atom is -0.338 e. The van der Waals surface area contributed by atoms with Crippen LogP contribution < -0.4 is 0 Å². The molecule has 3 rings (SSSR count). The van der Waals surface area contributed by atoms with Crippen LogP contribution in [0.1, 0.15) is 11.1 Å². The zero-order valence-electron chi connectivity index (χ0n) is 10.6. The third kappa shape index (κ3) is 2.43. The number of fused-ring (bicyclic) bond motifs is 1. The van der Waals surface area contributed by atoms with Crippen molar-refractivity contribution in [1.29, 1.82) is 0 Å². The summed E-state index contributed by atoms with van der Waals surface area (Å²) in [5, 5.41) is 0. The first-order valence-corrected chi connectivity index (χ1v) is 7.84.